The minimum absolute atomic E-state index is 0.544. The van der Waals surface area contributed by atoms with Crippen molar-refractivity contribution in [2.45, 2.75) is 46.7 Å². The maximum Gasteiger partial charge on any atom is 0.0414 e. The van der Waals surface area contributed by atoms with Gasteiger partial charge in [0.2, 0.25) is 0 Å². The molecule has 0 heterocycles. The first-order chi connectivity index (χ1) is 7.95. The summed E-state index contributed by atoms with van der Waals surface area (Å²) in [6, 6.07) is 7.05. The number of rotatable bonds is 5. The van der Waals surface area contributed by atoms with Crippen molar-refractivity contribution in [2.75, 3.05) is 11.9 Å². The molecule has 1 rings (SSSR count). The summed E-state index contributed by atoms with van der Waals surface area (Å²) in [5.41, 5.74) is 9.61. The van der Waals surface area contributed by atoms with Gasteiger partial charge in [-0.3, -0.25) is 0 Å². The van der Waals surface area contributed by atoms with Gasteiger partial charge in [-0.2, -0.15) is 0 Å². The van der Waals surface area contributed by atoms with E-state index in [1.54, 1.807) is 0 Å². The van der Waals surface area contributed by atoms with Gasteiger partial charge in [0.25, 0.3) is 0 Å². The van der Waals surface area contributed by atoms with E-state index < -0.39 is 0 Å². The SMILES string of the molecule is Cc1ccc(CN)c(N(C)C(C)CC(C)C)c1. The van der Waals surface area contributed by atoms with Crippen molar-refractivity contribution < 1.29 is 0 Å². The fourth-order valence-electron chi connectivity index (χ4n) is 2.25. The third kappa shape index (κ3) is 3.74. The number of benzene rings is 1. The molecule has 0 aromatic heterocycles. The lowest BCUT2D eigenvalue weighted by Gasteiger charge is -2.30. The predicted octanol–water partition coefficient (Wildman–Crippen LogP) is 3.32. The second-order valence-corrected chi connectivity index (χ2v) is 5.43. The standard InChI is InChI=1S/C15H26N2/c1-11(2)8-13(4)17(5)15-9-12(3)6-7-14(15)10-16/h6-7,9,11,13H,8,10,16H2,1-5H3. The van der Waals surface area contributed by atoms with Gasteiger partial charge >= 0.3 is 0 Å². The van der Waals surface area contributed by atoms with E-state index in [1.165, 1.54) is 23.2 Å². The van der Waals surface area contributed by atoms with Crippen LogP contribution in [-0.2, 0) is 6.54 Å². The van der Waals surface area contributed by atoms with Gasteiger partial charge in [0.1, 0.15) is 0 Å². The lowest BCUT2D eigenvalue weighted by molar-refractivity contribution is 0.503. The third-order valence-electron chi connectivity index (χ3n) is 3.31. The van der Waals surface area contributed by atoms with E-state index in [0.29, 0.717) is 12.6 Å². The van der Waals surface area contributed by atoms with Crippen molar-refractivity contribution in [3.63, 3.8) is 0 Å². The Morgan fingerprint density at radius 3 is 2.41 bits per heavy atom. The van der Waals surface area contributed by atoms with Crippen LogP contribution in [0.4, 0.5) is 5.69 Å². The van der Waals surface area contributed by atoms with E-state index in [1.807, 2.05) is 0 Å². The van der Waals surface area contributed by atoms with Crippen molar-refractivity contribution in [1.29, 1.82) is 0 Å². The summed E-state index contributed by atoms with van der Waals surface area (Å²) >= 11 is 0. The van der Waals surface area contributed by atoms with Gasteiger partial charge in [0.15, 0.2) is 0 Å². The van der Waals surface area contributed by atoms with Crippen LogP contribution in [0.2, 0.25) is 0 Å². The Balaban J connectivity index is 2.93. The van der Waals surface area contributed by atoms with Crippen LogP contribution in [0, 0.1) is 12.8 Å². The van der Waals surface area contributed by atoms with E-state index in [4.69, 9.17) is 5.73 Å². The lowest BCUT2D eigenvalue weighted by Crippen LogP contribution is -2.31. The average Bonchev–Trinajstić information content (AvgIpc) is 2.27. The molecule has 0 saturated carbocycles. The van der Waals surface area contributed by atoms with Crippen molar-refractivity contribution >= 4 is 5.69 Å². The summed E-state index contributed by atoms with van der Waals surface area (Å²) in [6.45, 7) is 9.55. The highest BCUT2D eigenvalue weighted by Crippen LogP contribution is 2.24. The average molecular weight is 234 g/mol. The van der Waals surface area contributed by atoms with Gasteiger partial charge in [0.05, 0.1) is 0 Å². The molecule has 0 aliphatic heterocycles. The zero-order chi connectivity index (χ0) is 13.0. The molecule has 0 aliphatic rings. The van der Waals surface area contributed by atoms with E-state index in [-0.39, 0.29) is 0 Å². The normalized spacial score (nSPS) is 12.9. The van der Waals surface area contributed by atoms with Crippen molar-refractivity contribution in [2.24, 2.45) is 11.7 Å². The molecule has 96 valence electrons. The molecule has 0 aliphatic carbocycles. The van der Waals surface area contributed by atoms with Gasteiger partial charge in [-0.1, -0.05) is 26.0 Å². The summed E-state index contributed by atoms with van der Waals surface area (Å²) in [5.74, 6) is 0.721. The highest BCUT2D eigenvalue weighted by molar-refractivity contribution is 5.55. The Morgan fingerprint density at radius 1 is 1.24 bits per heavy atom. The topological polar surface area (TPSA) is 29.3 Å². The Labute approximate surface area is 106 Å². The van der Waals surface area contributed by atoms with Crippen LogP contribution < -0.4 is 10.6 Å². The zero-order valence-electron chi connectivity index (χ0n) is 11.8. The molecule has 1 unspecified atom stereocenters. The van der Waals surface area contributed by atoms with Crippen molar-refractivity contribution in [1.82, 2.24) is 0 Å². The summed E-state index contributed by atoms with van der Waals surface area (Å²) < 4.78 is 0. The lowest BCUT2D eigenvalue weighted by atomic mass is 10.0. The summed E-state index contributed by atoms with van der Waals surface area (Å²) in [5, 5.41) is 0. The molecule has 2 heteroatoms. The molecule has 2 nitrogen and oxygen atoms in total. The van der Waals surface area contributed by atoms with Gasteiger partial charge in [-0.15, -0.1) is 0 Å². The molecular formula is C15H26N2. The first-order valence-corrected chi connectivity index (χ1v) is 6.48. The molecule has 0 fully saturated rings. The van der Waals surface area contributed by atoms with Crippen LogP contribution in [0.5, 0.6) is 0 Å². The number of hydrogen-bond donors (Lipinski definition) is 1. The van der Waals surface area contributed by atoms with E-state index in [0.717, 1.165) is 5.92 Å². The first-order valence-electron chi connectivity index (χ1n) is 6.48. The maximum atomic E-state index is 5.81. The summed E-state index contributed by atoms with van der Waals surface area (Å²) in [6.07, 6.45) is 1.20. The Morgan fingerprint density at radius 2 is 1.88 bits per heavy atom. The minimum atomic E-state index is 0.544. The molecule has 2 N–H and O–H groups in total. The monoisotopic (exact) mass is 234 g/mol. The van der Waals surface area contributed by atoms with E-state index in [9.17, 15) is 0 Å². The number of aryl methyl sites for hydroxylation is 1. The molecule has 0 bridgehead atoms. The Bertz CT molecular complexity index is 358. The number of nitrogens with zero attached hydrogens (tertiary/aromatic N) is 1. The second kappa shape index (κ2) is 6.06. The molecule has 0 radical (unpaired) electrons. The zero-order valence-corrected chi connectivity index (χ0v) is 11.8. The highest BCUT2D eigenvalue weighted by atomic mass is 15.1. The quantitative estimate of drug-likeness (QED) is 0.846. The van der Waals surface area contributed by atoms with Crippen LogP contribution >= 0.6 is 0 Å². The molecule has 0 spiro atoms. The molecule has 17 heavy (non-hydrogen) atoms. The van der Waals surface area contributed by atoms with E-state index in [2.05, 4.69) is 57.8 Å². The second-order valence-electron chi connectivity index (χ2n) is 5.43. The Kier molecular flexibility index (Phi) is 5.01. The van der Waals surface area contributed by atoms with E-state index >= 15 is 0 Å². The molecule has 1 atom stereocenters. The fourth-order valence-corrected chi connectivity index (χ4v) is 2.25. The van der Waals surface area contributed by atoms with Gasteiger partial charge in [0, 0.05) is 25.3 Å². The van der Waals surface area contributed by atoms with Crippen molar-refractivity contribution in [3.8, 4) is 0 Å². The van der Waals surface area contributed by atoms with Gasteiger partial charge in [-0.05, 0) is 43.4 Å². The smallest absolute Gasteiger partial charge is 0.0414 e. The van der Waals surface area contributed by atoms with Crippen LogP contribution in [0.15, 0.2) is 18.2 Å². The number of hydrogen-bond acceptors (Lipinski definition) is 2. The van der Waals surface area contributed by atoms with Crippen LogP contribution in [0.25, 0.3) is 0 Å². The largest absolute Gasteiger partial charge is 0.372 e. The van der Waals surface area contributed by atoms with Crippen LogP contribution in [0.1, 0.15) is 38.3 Å². The molecule has 0 amide bonds. The number of nitrogens with two attached hydrogens (primary N) is 1. The Hall–Kier alpha value is -1.02. The third-order valence-corrected chi connectivity index (χ3v) is 3.31. The van der Waals surface area contributed by atoms with Crippen LogP contribution in [0.3, 0.4) is 0 Å². The van der Waals surface area contributed by atoms with Crippen LogP contribution in [-0.4, -0.2) is 13.1 Å². The minimum Gasteiger partial charge on any atom is -0.372 e. The molecular weight excluding hydrogens is 208 g/mol. The molecule has 0 saturated heterocycles. The summed E-state index contributed by atoms with van der Waals surface area (Å²) in [7, 11) is 2.17. The number of anilines is 1. The highest BCUT2D eigenvalue weighted by Gasteiger charge is 2.14. The van der Waals surface area contributed by atoms with Gasteiger partial charge < -0.3 is 10.6 Å². The van der Waals surface area contributed by atoms with Crippen molar-refractivity contribution in [3.05, 3.63) is 29.3 Å². The first kappa shape index (κ1) is 14.0. The van der Waals surface area contributed by atoms with Gasteiger partial charge in [-0.25, -0.2) is 0 Å². The molecule has 1 aromatic carbocycles. The predicted molar refractivity (Wildman–Crippen MR) is 76.4 cm³/mol. The fraction of sp³-hybridized carbons (Fsp3) is 0.600. The maximum absolute atomic E-state index is 5.81. The summed E-state index contributed by atoms with van der Waals surface area (Å²) in [4.78, 5) is 2.36. The molecule has 1 aromatic rings.